The van der Waals surface area contributed by atoms with Crippen molar-refractivity contribution >= 4 is 23.2 Å². The first-order valence-electron chi connectivity index (χ1n) is 6.11. The summed E-state index contributed by atoms with van der Waals surface area (Å²) in [7, 11) is 0. The molecule has 0 saturated carbocycles. The van der Waals surface area contributed by atoms with Crippen LogP contribution in [0.1, 0.15) is 12.8 Å². The molecular weight excluding hydrogens is 252 g/mol. The van der Waals surface area contributed by atoms with E-state index in [1.54, 1.807) is 17.0 Å². The highest BCUT2D eigenvalue weighted by atomic mass is 35.5. The molecular formula is C13H17ClN2O2. The maximum atomic E-state index is 12.3. The lowest BCUT2D eigenvalue weighted by Gasteiger charge is -2.32. The Morgan fingerprint density at radius 2 is 2.33 bits per heavy atom. The predicted molar refractivity (Wildman–Crippen MR) is 71.8 cm³/mol. The fraction of sp³-hybridized carbons (Fsp3) is 0.462. The summed E-state index contributed by atoms with van der Waals surface area (Å²) < 4.78 is 5.49. The Labute approximate surface area is 112 Å². The summed E-state index contributed by atoms with van der Waals surface area (Å²) in [6, 6.07) is 7.32. The van der Waals surface area contributed by atoms with Crippen LogP contribution in [0.2, 0.25) is 5.02 Å². The van der Waals surface area contributed by atoms with Crippen molar-refractivity contribution in [1.29, 1.82) is 0 Å². The molecule has 0 aliphatic carbocycles. The number of anilines is 1. The van der Waals surface area contributed by atoms with Gasteiger partial charge in [-0.15, -0.1) is 0 Å². The molecule has 5 heteroatoms. The van der Waals surface area contributed by atoms with E-state index in [2.05, 4.69) is 0 Å². The molecule has 1 aliphatic heterocycles. The van der Waals surface area contributed by atoms with Crippen molar-refractivity contribution in [3.63, 3.8) is 0 Å². The number of amides is 1. The number of hydrogen-bond acceptors (Lipinski definition) is 3. The van der Waals surface area contributed by atoms with E-state index in [-0.39, 0.29) is 12.0 Å². The standard InChI is InChI=1S/C13H17ClN2O2/c14-10-3-1-4-11(9-10)16-7-8-18-12(13(16)17)5-2-6-15/h1,3-4,9,12H,2,5-8,15H2. The van der Waals surface area contributed by atoms with Crippen molar-refractivity contribution in [1.82, 2.24) is 0 Å². The van der Waals surface area contributed by atoms with E-state index < -0.39 is 0 Å². The second-order valence-electron chi connectivity index (χ2n) is 4.26. The van der Waals surface area contributed by atoms with Crippen molar-refractivity contribution in [3.05, 3.63) is 29.3 Å². The van der Waals surface area contributed by atoms with Crippen LogP contribution in [-0.2, 0) is 9.53 Å². The van der Waals surface area contributed by atoms with Crippen LogP contribution in [0.4, 0.5) is 5.69 Å². The van der Waals surface area contributed by atoms with Gasteiger partial charge in [0.25, 0.3) is 5.91 Å². The molecule has 1 aliphatic rings. The molecule has 1 atom stereocenters. The van der Waals surface area contributed by atoms with E-state index >= 15 is 0 Å². The molecule has 1 amide bonds. The zero-order valence-electron chi connectivity index (χ0n) is 10.1. The fourth-order valence-electron chi connectivity index (χ4n) is 2.05. The number of carbonyl (C=O) groups is 1. The molecule has 0 spiro atoms. The van der Waals surface area contributed by atoms with Crippen molar-refractivity contribution < 1.29 is 9.53 Å². The summed E-state index contributed by atoms with van der Waals surface area (Å²) >= 11 is 5.95. The third kappa shape index (κ3) is 3.02. The molecule has 98 valence electrons. The smallest absolute Gasteiger partial charge is 0.256 e. The van der Waals surface area contributed by atoms with Gasteiger partial charge in [-0.2, -0.15) is 0 Å². The Morgan fingerprint density at radius 3 is 3.06 bits per heavy atom. The molecule has 1 unspecified atom stereocenters. The number of ether oxygens (including phenoxy) is 1. The van der Waals surface area contributed by atoms with E-state index in [4.69, 9.17) is 22.1 Å². The minimum Gasteiger partial charge on any atom is -0.367 e. The third-order valence-corrected chi connectivity index (χ3v) is 3.20. The van der Waals surface area contributed by atoms with Gasteiger partial charge in [-0.3, -0.25) is 4.79 Å². The van der Waals surface area contributed by atoms with Gasteiger partial charge in [0.05, 0.1) is 6.61 Å². The maximum Gasteiger partial charge on any atom is 0.256 e. The molecule has 1 fully saturated rings. The molecule has 2 rings (SSSR count). The van der Waals surface area contributed by atoms with Crippen LogP contribution in [0.25, 0.3) is 0 Å². The number of carbonyl (C=O) groups excluding carboxylic acids is 1. The first-order chi connectivity index (χ1) is 8.72. The minimum absolute atomic E-state index is 0.00281. The quantitative estimate of drug-likeness (QED) is 0.906. The van der Waals surface area contributed by atoms with Crippen molar-refractivity contribution in [2.75, 3.05) is 24.6 Å². The van der Waals surface area contributed by atoms with Crippen LogP contribution in [-0.4, -0.2) is 31.7 Å². The van der Waals surface area contributed by atoms with Gasteiger partial charge in [-0.25, -0.2) is 0 Å². The molecule has 1 aromatic rings. The van der Waals surface area contributed by atoms with Gasteiger partial charge in [-0.05, 0) is 37.6 Å². The van der Waals surface area contributed by atoms with Gasteiger partial charge in [0, 0.05) is 17.3 Å². The number of nitrogens with two attached hydrogens (primary N) is 1. The predicted octanol–water partition coefficient (Wildman–Crippen LogP) is 1.81. The van der Waals surface area contributed by atoms with Gasteiger partial charge in [0.1, 0.15) is 6.10 Å². The largest absolute Gasteiger partial charge is 0.367 e. The van der Waals surface area contributed by atoms with Gasteiger partial charge in [0.2, 0.25) is 0 Å². The minimum atomic E-state index is -0.374. The molecule has 4 nitrogen and oxygen atoms in total. The van der Waals surface area contributed by atoms with Crippen LogP contribution < -0.4 is 10.6 Å². The Bertz CT molecular complexity index is 425. The molecule has 18 heavy (non-hydrogen) atoms. The summed E-state index contributed by atoms with van der Waals surface area (Å²) in [5.74, 6) is -0.00281. The molecule has 0 radical (unpaired) electrons. The lowest BCUT2D eigenvalue weighted by molar-refractivity contribution is -0.134. The highest BCUT2D eigenvalue weighted by Gasteiger charge is 2.29. The maximum absolute atomic E-state index is 12.3. The number of rotatable bonds is 4. The first-order valence-corrected chi connectivity index (χ1v) is 6.49. The summed E-state index contributed by atoms with van der Waals surface area (Å²) in [4.78, 5) is 14.0. The topological polar surface area (TPSA) is 55.6 Å². The van der Waals surface area contributed by atoms with Crippen LogP contribution in [0.5, 0.6) is 0 Å². The number of nitrogens with zero attached hydrogens (tertiary/aromatic N) is 1. The van der Waals surface area contributed by atoms with E-state index in [0.717, 1.165) is 12.1 Å². The Balaban J connectivity index is 2.11. The summed E-state index contributed by atoms with van der Waals surface area (Å²) in [5, 5.41) is 0.630. The summed E-state index contributed by atoms with van der Waals surface area (Å²) in [5.41, 5.74) is 6.29. The van der Waals surface area contributed by atoms with E-state index in [0.29, 0.717) is 31.1 Å². The fourth-order valence-corrected chi connectivity index (χ4v) is 2.24. The summed E-state index contributed by atoms with van der Waals surface area (Å²) in [6.07, 6.45) is 1.09. The molecule has 1 saturated heterocycles. The van der Waals surface area contributed by atoms with Crippen LogP contribution in [0.3, 0.4) is 0 Å². The van der Waals surface area contributed by atoms with E-state index in [1.807, 2.05) is 12.1 Å². The highest BCUT2D eigenvalue weighted by Crippen LogP contribution is 2.23. The first kappa shape index (κ1) is 13.3. The molecule has 0 aromatic heterocycles. The molecule has 1 heterocycles. The Morgan fingerprint density at radius 1 is 1.50 bits per heavy atom. The molecule has 2 N–H and O–H groups in total. The number of halogens is 1. The number of hydrogen-bond donors (Lipinski definition) is 1. The van der Waals surface area contributed by atoms with Crippen LogP contribution in [0.15, 0.2) is 24.3 Å². The van der Waals surface area contributed by atoms with Gasteiger partial charge < -0.3 is 15.4 Å². The number of morpholine rings is 1. The summed E-state index contributed by atoms with van der Waals surface area (Å²) in [6.45, 7) is 1.69. The lowest BCUT2D eigenvalue weighted by Crippen LogP contribution is -2.48. The normalized spacial score (nSPS) is 20.2. The van der Waals surface area contributed by atoms with E-state index in [9.17, 15) is 4.79 Å². The van der Waals surface area contributed by atoms with Gasteiger partial charge >= 0.3 is 0 Å². The zero-order valence-corrected chi connectivity index (χ0v) is 10.9. The second kappa shape index (κ2) is 6.18. The lowest BCUT2D eigenvalue weighted by atomic mass is 10.1. The van der Waals surface area contributed by atoms with Crippen molar-refractivity contribution in [2.45, 2.75) is 18.9 Å². The Kier molecular flexibility index (Phi) is 4.58. The average Bonchev–Trinajstić information content (AvgIpc) is 2.37. The zero-order chi connectivity index (χ0) is 13.0. The number of benzene rings is 1. The van der Waals surface area contributed by atoms with Crippen molar-refractivity contribution in [2.24, 2.45) is 5.73 Å². The average molecular weight is 269 g/mol. The highest BCUT2D eigenvalue weighted by molar-refractivity contribution is 6.30. The Hall–Kier alpha value is -1.10. The van der Waals surface area contributed by atoms with Crippen molar-refractivity contribution in [3.8, 4) is 0 Å². The van der Waals surface area contributed by atoms with Gasteiger partial charge in [-0.1, -0.05) is 17.7 Å². The van der Waals surface area contributed by atoms with Crippen LogP contribution >= 0.6 is 11.6 Å². The SMILES string of the molecule is NCCCC1OCCN(c2cccc(Cl)c2)C1=O. The molecule has 0 bridgehead atoms. The van der Waals surface area contributed by atoms with Gasteiger partial charge in [0.15, 0.2) is 0 Å². The molecule has 1 aromatic carbocycles. The van der Waals surface area contributed by atoms with E-state index in [1.165, 1.54) is 0 Å². The second-order valence-corrected chi connectivity index (χ2v) is 4.70. The monoisotopic (exact) mass is 268 g/mol. The van der Waals surface area contributed by atoms with Crippen LogP contribution in [0, 0.1) is 0 Å². The third-order valence-electron chi connectivity index (χ3n) is 2.97.